The van der Waals surface area contributed by atoms with Crippen molar-refractivity contribution in [2.24, 2.45) is 0 Å². The van der Waals surface area contributed by atoms with E-state index in [0.29, 0.717) is 27.8 Å². The molecule has 0 aromatic heterocycles. The average molecular weight is 466 g/mol. The molecule has 0 radical (unpaired) electrons. The fourth-order valence-electron chi connectivity index (χ4n) is 3.63. The second kappa shape index (κ2) is 9.70. The van der Waals surface area contributed by atoms with Crippen LogP contribution in [0.5, 0.6) is 11.5 Å². The fourth-order valence-corrected chi connectivity index (χ4v) is 3.63. The van der Waals surface area contributed by atoms with Gasteiger partial charge in [0.25, 0.3) is 17.7 Å². The topological polar surface area (TPSA) is 84.9 Å². The first kappa shape index (κ1) is 22.9. The number of imide groups is 1. The highest BCUT2D eigenvalue weighted by Crippen LogP contribution is 2.29. The van der Waals surface area contributed by atoms with Gasteiger partial charge in [-0.3, -0.25) is 19.3 Å². The van der Waals surface area contributed by atoms with E-state index in [1.807, 2.05) is 0 Å². The number of hydrogen-bond acceptors (Lipinski definition) is 5. The summed E-state index contributed by atoms with van der Waals surface area (Å²) < 4.78 is 34.3. The number of alkyl halides is 2. The zero-order chi connectivity index (χ0) is 24.2. The van der Waals surface area contributed by atoms with Gasteiger partial charge in [-0.2, -0.15) is 8.78 Å². The Morgan fingerprint density at radius 3 is 2.12 bits per heavy atom. The summed E-state index contributed by atoms with van der Waals surface area (Å²) in [5.74, 6) is -1.00. The number of methoxy groups -OCH3 is 1. The van der Waals surface area contributed by atoms with Gasteiger partial charge in [-0.15, -0.1) is 0 Å². The van der Waals surface area contributed by atoms with E-state index in [4.69, 9.17) is 4.74 Å². The summed E-state index contributed by atoms with van der Waals surface area (Å²) in [6.07, 6.45) is 0. The minimum atomic E-state index is -2.97. The van der Waals surface area contributed by atoms with Crippen molar-refractivity contribution in [3.8, 4) is 11.5 Å². The van der Waals surface area contributed by atoms with Crippen LogP contribution < -0.4 is 14.8 Å². The smallest absolute Gasteiger partial charge is 0.387 e. The van der Waals surface area contributed by atoms with Crippen molar-refractivity contribution in [1.29, 1.82) is 0 Å². The summed E-state index contributed by atoms with van der Waals surface area (Å²) in [6, 6.07) is 17.6. The highest BCUT2D eigenvalue weighted by atomic mass is 19.3. The molecule has 0 saturated heterocycles. The molecular weight excluding hydrogens is 446 g/mol. The summed E-state index contributed by atoms with van der Waals surface area (Å²) in [5, 5.41) is 2.74. The van der Waals surface area contributed by atoms with Crippen LogP contribution in [0.3, 0.4) is 0 Å². The average Bonchev–Trinajstić information content (AvgIpc) is 3.08. The molecule has 3 aromatic rings. The molecule has 0 fully saturated rings. The normalized spacial score (nSPS) is 12.6. The van der Waals surface area contributed by atoms with Crippen LogP contribution in [0.2, 0.25) is 0 Å². The highest BCUT2D eigenvalue weighted by molar-refractivity contribution is 6.21. The van der Waals surface area contributed by atoms with Gasteiger partial charge >= 0.3 is 6.61 Å². The van der Waals surface area contributed by atoms with Gasteiger partial charge in [-0.25, -0.2) is 0 Å². The predicted molar refractivity (Wildman–Crippen MR) is 118 cm³/mol. The quantitative estimate of drug-likeness (QED) is 0.507. The zero-order valence-corrected chi connectivity index (χ0v) is 18.1. The predicted octanol–water partition coefficient (Wildman–Crippen LogP) is 4.02. The van der Waals surface area contributed by atoms with Crippen LogP contribution >= 0.6 is 0 Å². The van der Waals surface area contributed by atoms with E-state index < -0.39 is 6.61 Å². The second-order valence-electron chi connectivity index (χ2n) is 7.49. The monoisotopic (exact) mass is 466 g/mol. The molecule has 174 valence electrons. The number of rotatable bonds is 8. The number of nitrogens with zero attached hydrogens (tertiary/aromatic N) is 1. The summed E-state index contributed by atoms with van der Waals surface area (Å²) in [6.45, 7) is -2.73. The molecule has 1 N–H and O–H groups in total. The number of ether oxygens (including phenoxy) is 2. The Bertz CT molecular complexity index is 1210. The van der Waals surface area contributed by atoms with Gasteiger partial charge in [0.1, 0.15) is 0 Å². The molecule has 34 heavy (non-hydrogen) atoms. The number of amides is 3. The summed E-state index contributed by atoms with van der Waals surface area (Å²) in [5.41, 5.74) is 2.48. The Morgan fingerprint density at radius 2 is 1.53 bits per heavy atom. The van der Waals surface area contributed by atoms with Crippen LogP contribution in [0.25, 0.3) is 0 Å². The molecule has 7 nitrogen and oxygen atoms in total. The third-order valence-electron chi connectivity index (χ3n) is 5.33. The SMILES string of the molecule is COc1cc(CNC(=O)c2ccc(CN3C(=O)c4ccccc4C3=O)cc2)ccc1OC(F)F. The maximum absolute atomic E-state index is 12.5. The lowest BCUT2D eigenvalue weighted by atomic mass is 10.1. The van der Waals surface area contributed by atoms with Gasteiger partial charge in [-0.1, -0.05) is 30.3 Å². The summed E-state index contributed by atoms with van der Waals surface area (Å²) in [7, 11) is 1.33. The van der Waals surface area contributed by atoms with Crippen LogP contribution in [0.15, 0.2) is 66.7 Å². The van der Waals surface area contributed by atoms with E-state index in [2.05, 4.69) is 10.1 Å². The number of fused-ring (bicyclic) bond motifs is 1. The first-order chi connectivity index (χ1) is 16.4. The number of nitrogens with one attached hydrogen (secondary N) is 1. The molecule has 0 spiro atoms. The lowest BCUT2D eigenvalue weighted by Crippen LogP contribution is -2.29. The molecule has 0 aliphatic carbocycles. The Hall–Kier alpha value is -4.27. The maximum atomic E-state index is 12.5. The van der Waals surface area contributed by atoms with Gasteiger partial charge in [0.2, 0.25) is 0 Å². The van der Waals surface area contributed by atoms with E-state index in [0.717, 1.165) is 0 Å². The molecular formula is C25H20F2N2O5. The molecule has 0 unspecified atom stereocenters. The van der Waals surface area contributed by atoms with E-state index in [9.17, 15) is 23.2 Å². The van der Waals surface area contributed by atoms with Crippen LogP contribution in [0, 0.1) is 0 Å². The Balaban J connectivity index is 1.37. The molecule has 0 bridgehead atoms. The lowest BCUT2D eigenvalue weighted by Gasteiger charge is -2.14. The van der Waals surface area contributed by atoms with Gasteiger partial charge in [-0.05, 0) is 47.5 Å². The molecule has 4 rings (SSSR count). The summed E-state index contributed by atoms with van der Waals surface area (Å²) >= 11 is 0. The molecule has 1 aliphatic rings. The van der Waals surface area contributed by atoms with Crippen molar-refractivity contribution in [3.05, 3.63) is 94.5 Å². The lowest BCUT2D eigenvalue weighted by molar-refractivity contribution is -0.0512. The van der Waals surface area contributed by atoms with Gasteiger partial charge in [0.05, 0.1) is 24.8 Å². The Kier molecular flexibility index (Phi) is 6.53. The van der Waals surface area contributed by atoms with Crippen LogP contribution in [0.1, 0.15) is 42.2 Å². The number of carbonyl (C=O) groups excluding carboxylic acids is 3. The molecule has 0 atom stereocenters. The maximum Gasteiger partial charge on any atom is 0.387 e. The minimum Gasteiger partial charge on any atom is -0.493 e. The van der Waals surface area contributed by atoms with E-state index in [1.54, 1.807) is 54.6 Å². The van der Waals surface area contributed by atoms with Crippen molar-refractivity contribution in [2.45, 2.75) is 19.7 Å². The largest absolute Gasteiger partial charge is 0.493 e. The second-order valence-corrected chi connectivity index (χ2v) is 7.49. The van der Waals surface area contributed by atoms with Crippen LogP contribution in [0.4, 0.5) is 8.78 Å². The van der Waals surface area contributed by atoms with Crippen molar-refractivity contribution in [1.82, 2.24) is 10.2 Å². The molecule has 1 heterocycles. The molecule has 9 heteroatoms. The molecule has 3 amide bonds. The van der Waals surface area contributed by atoms with Crippen LogP contribution in [-0.4, -0.2) is 36.3 Å². The van der Waals surface area contributed by atoms with Crippen molar-refractivity contribution >= 4 is 17.7 Å². The Labute approximate surface area is 193 Å². The third kappa shape index (κ3) is 4.73. The number of benzene rings is 3. The van der Waals surface area contributed by atoms with Crippen molar-refractivity contribution < 1.29 is 32.6 Å². The molecule has 0 saturated carbocycles. The molecule has 1 aliphatic heterocycles. The van der Waals surface area contributed by atoms with Crippen LogP contribution in [-0.2, 0) is 13.1 Å². The van der Waals surface area contributed by atoms with Gasteiger partial charge in [0, 0.05) is 12.1 Å². The van der Waals surface area contributed by atoms with Crippen molar-refractivity contribution in [3.63, 3.8) is 0 Å². The first-order valence-electron chi connectivity index (χ1n) is 10.3. The fraction of sp³-hybridized carbons (Fsp3) is 0.160. The highest BCUT2D eigenvalue weighted by Gasteiger charge is 2.34. The van der Waals surface area contributed by atoms with E-state index in [-0.39, 0.29) is 42.3 Å². The number of hydrogen-bond donors (Lipinski definition) is 1. The molecule has 3 aromatic carbocycles. The van der Waals surface area contributed by atoms with Gasteiger partial charge < -0.3 is 14.8 Å². The zero-order valence-electron chi connectivity index (χ0n) is 18.1. The Morgan fingerprint density at radius 1 is 0.912 bits per heavy atom. The number of carbonyl (C=O) groups is 3. The first-order valence-corrected chi connectivity index (χ1v) is 10.3. The summed E-state index contributed by atoms with van der Waals surface area (Å²) in [4.78, 5) is 38.7. The number of halogens is 2. The minimum absolute atomic E-state index is 0.0961. The third-order valence-corrected chi connectivity index (χ3v) is 5.33. The van der Waals surface area contributed by atoms with E-state index >= 15 is 0 Å². The van der Waals surface area contributed by atoms with Crippen molar-refractivity contribution in [2.75, 3.05) is 7.11 Å². The van der Waals surface area contributed by atoms with Gasteiger partial charge in [0.15, 0.2) is 11.5 Å². The van der Waals surface area contributed by atoms with E-state index in [1.165, 1.54) is 24.1 Å². The standard InChI is InChI=1S/C25H20F2N2O5/c1-33-21-12-16(8-11-20(21)34-25(26)27)13-28-22(30)17-9-6-15(7-10-17)14-29-23(31)18-4-2-3-5-19(18)24(29)32/h2-12,25H,13-14H2,1H3,(H,28,30).